The van der Waals surface area contributed by atoms with Crippen LogP contribution < -0.4 is 27.4 Å². The van der Waals surface area contributed by atoms with Crippen LogP contribution in [0.15, 0.2) is 54.7 Å². The highest BCUT2D eigenvalue weighted by molar-refractivity contribution is 5.95. The number of phenolic OH excluding ortho intramolecular Hbond substituents is 1. The quantitative estimate of drug-likeness (QED) is 0.0980. The number of nitrogens with one attached hydrogen (secondary N) is 4. The Labute approximate surface area is 251 Å². The molecule has 234 valence electrons. The van der Waals surface area contributed by atoms with Crippen LogP contribution in [0, 0.1) is 0 Å². The molecule has 0 spiro atoms. The zero-order valence-electron chi connectivity index (χ0n) is 23.5. The fourth-order valence-corrected chi connectivity index (χ4v) is 4.47. The zero-order valence-corrected chi connectivity index (χ0v) is 23.5. The first-order chi connectivity index (χ1) is 20.8. The molecule has 0 radical (unpaired) electrons. The fraction of sp³-hybridized carbons (Fsp3) is 0.310. The van der Waals surface area contributed by atoms with Crippen molar-refractivity contribution < 1.29 is 44.1 Å². The summed E-state index contributed by atoms with van der Waals surface area (Å²) in [6.07, 6.45) is 0.00125. The predicted octanol–water partition coefficient (Wildman–Crippen LogP) is -0.735. The van der Waals surface area contributed by atoms with Crippen LogP contribution >= 0.6 is 0 Å². The van der Waals surface area contributed by atoms with E-state index in [0.29, 0.717) is 5.56 Å². The van der Waals surface area contributed by atoms with Gasteiger partial charge in [0.05, 0.1) is 12.5 Å². The molecule has 0 fully saturated rings. The summed E-state index contributed by atoms with van der Waals surface area (Å²) in [5.41, 5.74) is 13.4. The van der Waals surface area contributed by atoms with Crippen molar-refractivity contribution in [2.75, 3.05) is 0 Å². The van der Waals surface area contributed by atoms with Gasteiger partial charge in [-0.2, -0.15) is 0 Å². The standard InChI is InChI=1S/C29H34N6O9/c30-19(12-16-14-32-20-4-2-1-3-18(16)20)26(40)34-22(11-15-5-7-17(36)8-6-15)28(42)33-21(9-10-25(38)39)27(41)35-23(29(43)44)13-24(31)37/h1-8,14,19,21-23,32,36H,9-13,30H2,(H2,31,37)(H,33,42)(H,34,40)(H,35,41)(H,38,39)(H,43,44). The van der Waals surface area contributed by atoms with Gasteiger partial charge in [0.15, 0.2) is 0 Å². The number of fused-ring (bicyclic) bond motifs is 1. The first-order valence-corrected chi connectivity index (χ1v) is 13.6. The molecule has 3 rings (SSSR count). The van der Waals surface area contributed by atoms with Gasteiger partial charge in [-0.25, -0.2) is 4.79 Å². The van der Waals surface area contributed by atoms with Gasteiger partial charge in [0.25, 0.3) is 0 Å². The molecule has 4 amide bonds. The van der Waals surface area contributed by atoms with Crippen molar-refractivity contribution in [3.05, 3.63) is 65.9 Å². The Morgan fingerprint density at radius 2 is 1.41 bits per heavy atom. The van der Waals surface area contributed by atoms with Crippen LogP contribution in [-0.4, -0.2) is 80.0 Å². The Balaban J connectivity index is 1.81. The summed E-state index contributed by atoms with van der Waals surface area (Å²) in [4.78, 5) is 76.7. The number of primary amides is 1. The molecule has 4 atom stereocenters. The first kappa shape index (κ1) is 33.1. The molecule has 44 heavy (non-hydrogen) atoms. The number of H-pyrrole nitrogens is 1. The number of carboxylic acids is 2. The zero-order chi connectivity index (χ0) is 32.4. The summed E-state index contributed by atoms with van der Waals surface area (Å²) in [5, 5.41) is 36.1. The highest BCUT2D eigenvalue weighted by Gasteiger charge is 2.31. The molecule has 0 bridgehead atoms. The van der Waals surface area contributed by atoms with Gasteiger partial charge in [0, 0.05) is 29.9 Å². The largest absolute Gasteiger partial charge is 0.508 e. The van der Waals surface area contributed by atoms with Crippen molar-refractivity contribution >= 4 is 46.5 Å². The van der Waals surface area contributed by atoms with Crippen molar-refractivity contribution in [1.29, 1.82) is 0 Å². The van der Waals surface area contributed by atoms with Crippen LogP contribution in [-0.2, 0) is 41.6 Å². The summed E-state index contributed by atoms with van der Waals surface area (Å²) < 4.78 is 0. The molecular weight excluding hydrogens is 576 g/mol. The number of amides is 4. The molecule has 0 aliphatic heterocycles. The number of rotatable bonds is 16. The minimum Gasteiger partial charge on any atom is -0.508 e. The van der Waals surface area contributed by atoms with Crippen LogP contribution in [0.4, 0.5) is 0 Å². The van der Waals surface area contributed by atoms with E-state index in [0.717, 1.165) is 16.5 Å². The van der Waals surface area contributed by atoms with E-state index in [-0.39, 0.29) is 18.6 Å². The Morgan fingerprint density at radius 1 is 0.795 bits per heavy atom. The molecule has 11 N–H and O–H groups in total. The van der Waals surface area contributed by atoms with Crippen LogP contribution in [0.5, 0.6) is 5.75 Å². The maximum atomic E-state index is 13.5. The maximum absolute atomic E-state index is 13.5. The van der Waals surface area contributed by atoms with Crippen LogP contribution in [0.2, 0.25) is 0 Å². The minimum absolute atomic E-state index is 0.0334. The third kappa shape index (κ3) is 9.55. The lowest BCUT2D eigenvalue weighted by Gasteiger charge is -2.25. The SMILES string of the molecule is NC(=O)CC(NC(=O)C(CCC(=O)O)NC(=O)C(Cc1ccc(O)cc1)NC(=O)C(N)Cc1c[nH]c2ccccc12)C(=O)O. The lowest BCUT2D eigenvalue weighted by Crippen LogP contribution is -2.58. The highest BCUT2D eigenvalue weighted by Crippen LogP contribution is 2.19. The van der Waals surface area contributed by atoms with Crippen molar-refractivity contribution in [2.24, 2.45) is 11.5 Å². The van der Waals surface area contributed by atoms with Gasteiger partial charge in [-0.05, 0) is 42.2 Å². The number of hydrogen-bond donors (Lipinski definition) is 9. The number of aromatic amines is 1. The van der Waals surface area contributed by atoms with E-state index in [4.69, 9.17) is 16.6 Å². The number of carbonyl (C=O) groups excluding carboxylic acids is 4. The van der Waals surface area contributed by atoms with E-state index in [2.05, 4.69) is 20.9 Å². The fourth-order valence-electron chi connectivity index (χ4n) is 4.47. The van der Waals surface area contributed by atoms with E-state index >= 15 is 0 Å². The number of carboxylic acid groups (broad SMARTS) is 2. The van der Waals surface area contributed by atoms with Crippen molar-refractivity contribution in [2.45, 2.75) is 56.3 Å². The monoisotopic (exact) mass is 610 g/mol. The Morgan fingerprint density at radius 3 is 2.05 bits per heavy atom. The summed E-state index contributed by atoms with van der Waals surface area (Å²) in [6, 6.07) is 7.55. The second-order valence-corrected chi connectivity index (χ2v) is 10.2. The normalized spacial score (nSPS) is 13.7. The van der Waals surface area contributed by atoms with Gasteiger partial charge in [-0.3, -0.25) is 24.0 Å². The lowest BCUT2D eigenvalue weighted by molar-refractivity contribution is -0.144. The topological polar surface area (TPSA) is 267 Å². The third-order valence-electron chi connectivity index (χ3n) is 6.76. The molecule has 0 saturated heterocycles. The number of benzene rings is 2. The molecule has 0 aliphatic rings. The molecule has 1 heterocycles. The van der Waals surface area contributed by atoms with E-state index < -0.39 is 79.0 Å². The summed E-state index contributed by atoms with van der Waals surface area (Å²) in [5.74, 6) is -6.55. The summed E-state index contributed by atoms with van der Waals surface area (Å²) in [7, 11) is 0. The van der Waals surface area contributed by atoms with Crippen molar-refractivity contribution in [1.82, 2.24) is 20.9 Å². The lowest BCUT2D eigenvalue weighted by atomic mass is 10.0. The van der Waals surface area contributed by atoms with Gasteiger partial charge in [-0.15, -0.1) is 0 Å². The van der Waals surface area contributed by atoms with Crippen LogP contribution in [0.25, 0.3) is 10.9 Å². The number of phenols is 1. The second kappa shape index (κ2) is 15.2. The average molecular weight is 611 g/mol. The number of aromatic hydroxyl groups is 1. The molecule has 1 aromatic heterocycles. The Kier molecular flexibility index (Phi) is 11.4. The highest BCUT2D eigenvalue weighted by atomic mass is 16.4. The number of nitrogens with two attached hydrogens (primary N) is 2. The summed E-state index contributed by atoms with van der Waals surface area (Å²) in [6.45, 7) is 0. The molecule has 0 aliphatic carbocycles. The average Bonchev–Trinajstić information content (AvgIpc) is 3.37. The van der Waals surface area contributed by atoms with Crippen LogP contribution in [0.3, 0.4) is 0 Å². The predicted molar refractivity (Wildman–Crippen MR) is 156 cm³/mol. The first-order valence-electron chi connectivity index (χ1n) is 13.6. The maximum Gasteiger partial charge on any atom is 0.326 e. The number of aromatic nitrogens is 1. The van der Waals surface area contributed by atoms with Gasteiger partial charge in [-0.1, -0.05) is 30.3 Å². The van der Waals surface area contributed by atoms with E-state index in [1.165, 1.54) is 24.3 Å². The van der Waals surface area contributed by atoms with E-state index in [1.807, 2.05) is 24.3 Å². The molecule has 15 heteroatoms. The third-order valence-corrected chi connectivity index (χ3v) is 6.76. The molecule has 3 aromatic rings. The number of aliphatic carboxylic acids is 2. The second-order valence-electron chi connectivity index (χ2n) is 10.2. The minimum atomic E-state index is -1.72. The molecule has 4 unspecified atom stereocenters. The number of carbonyl (C=O) groups is 6. The Bertz CT molecular complexity index is 1520. The van der Waals surface area contributed by atoms with Gasteiger partial charge < -0.3 is 47.7 Å². The molecule has 0 saturated carbocycles. The smallest absolute Gasteiger partial charge is 0.326 e. The van der Waals surface area contributed by atoms with Crippen molar-refractivity contribution in [3.63, 3.8) is 0 Å². The molecule has 2 aromatic carbocycles. The van der Waals surface area contributed by atoms with Gasteiger partial charge >= 0.3 is 11.9 Å². The van der Waals surface area contributed by atoms with E-state index in [1.54, 1.807) is 6.20 Å². The van der Waals surface area contributed by atoms with Crippen molar-refractivity contribution in [3.8, 4) is 5.75 Å². The van der Waals surface area contributed by atoms with Gasteiger partial charge in [0.1, 0.15) is 23.9 Å². The molecular formula is C29H34N6O9. The number of hydrogen-bond acceptors (Lipinski definition) is 8. The molecule has 15 nitrogen and oxygen atoms in total. The Hall–Kier alpha value is -5.44. The van der Waals surface area contributed by atoms with Gasteiger partial charge in [0.2, 0.25) is 23.6 Å². The van der Waals surface area contributed by atoms with E-state index in [9.17, 15) is 39.0 Å². The number of para-hydroxylation sites is 1. The summed E-state index contributed by atoms with van der Waals surface area (Å²) >= 11 is 0. The van der Waals surface area contributed by atoms with Crippen LogP contribution in [0.1, 0.15) is 30.4 Å².